The van der Waals surface area contributed by atoms with Crippen LogP contribution in [0.2, 0.25) is 0 Å². The van der Waals surface area contributed by atoms with Crippen molar-refractivity contribution in [1.29, 1.82) is 0 Å². The van der Waals surface area contributed by atoms with E-state index >= 15 is 0 Å². The normalized spacial score (nSPS) is 10.9. The first-order valence-electron chi connectivity index (χ1n) is 8.58. The van der Waals surface area contributed by atoms with Gasteiger partial charge in [0.2, 0.25) is 0 Å². The number of aromatic nitrogens is 2. The SMILES string of the molecule is CCOC(=O)c1sc2c(c1C)c(=O)[nH]c(=O)n2CC(=O)c1cc(F)ccc1OC. The van der Waals surface area contributed by atoms with Gasteiger partial charge in [-0.05, 0) is 37.6 Å². The van der Waals surface area contributed by atoms with E-state index in [0.29, 0.717) is 5.56 Å². The summed E-state index contributed by atoms with van der Waals surface area (Å²) in [6.07, 6.45) is 0. The number of ketones is 1. The van der Waals surface area contributed by atoms with E-state index in [1.165, 1.54) is 13.2 Å². The Hall–Kier alpha value is -3.27. The maximum absolute atomic E-state index is 13.6. The molecule has 0 saturated heterocycles. The van der Waals surface area contributed by atoms with Gasteiger partial charge in [-0.25, -0.2) is 14.0 Å². The van der Waals surface area contributed by atoms with Crippen LogP contribution in [0.1, 0.15) is 32.5 Å². The number of ether oxygens (including phenoxy) is 2. The Morgan fingerprint density at radius 3 is 2.66 bits per heavy atom. The van der Waals surface area contributed by atoms with Crippen LogP contribution < -0.4 is 16.0 Å². The second-order valence-electron chi connectivity index (χ2n) is 6.07. The molecule has 29 heavy (non-hydrogen) atoms. The van der Waals surface area contributed by atoms with Crippen LogP contribution in [0.15, 0.2) is 27.8 Å². The van der Waals surface area contributed by atoms with E-state index in [1.54, 1.807) is 13.8 Å². The minimum atomic E-state index is -0.817. The zero-order valence-electron chi connectivity index (χ0n) is 15.8. The summed E-state index contributed by atoms with van der Waals surface area (Å²) < 4.78 is 24.7. The molecule has 2 heterocycles. The van der Waals surface area contributed by atoms with Crippen LogP contribution in [0.4, 0.5) is 4.39 Å². The summed E-state index contributed by atoms with van der Waals surface area (Å²) in [4.78, 5) is 52.1. The lowest BCUT2D eigenvalue weighted by Crippen LogP contribution is -2.32. The first-order valence-corrected chi connectivity index (χ1v) is 9.40. The van der Waals surface area contributed by atoms with Crippen molar-refractivity contribution in [3.63, 3.8) is 0 Å². The van der Waals surface area contributed by atoms with E-state index in [-0.39, 0.29) is 33.0 Å². The lowest BCUT2D eigenvalue weighted by atomic mass is 10.1. The number of H-pyrrole nitrogens is 1. The molecule has 0 radical (unpaired) electrons. The van der Waals surface area contributed by atoms with Gasteiger partial charge in [-0.15, -0.1) is 11.3 Å². The third-order valence-electron chi connectivity index (χ3n) is 4.29. The van der Waals surface area contributed by atoms with E-state index in [9.17, 15) is 23.6 Å². The molecule has 1 N–H and O–H groups in total. The van der Waals surface area contributed by atoms with Gasteiger partial charge in [-0.3, -0.25) is 19.1 Å². The molecule has 8 nitrogen and oxygen atoms in total. The second kappa shape index (κ2) is 8.00. The van der Waals surface area contributed by atoms with E-state index in [4.69, 9.17) is 9.47 Å². The first kappa shape index (κ1) is 20.5. The average Bonchev–Trinajstić information content (AvgIpc) is 3.02. The average molecular weight is 420 g/mol. The molecule has 0 spiro atoms. The Morgan fingerprint density at radius 2 is 2.00 bits per heavy atom. The smallest absolute Gasteiger partial charge is 0.348 e. The molecular weight excluding hydrogens is 403 g/mol. The number of nitrogens with one attached hydrogen (secondary N) is 1. The summed E-state index contributed by atoms with van der Waals surface area (Å²) in [5.74, 6) is -1.70. The van der Waals surface area contributed by atoms with E-state index < -0.39 is 35.4 Å². The van der Waals surface area contributed by atoms with Gasteiger partial charge >= 0.3 is 11.7 Å². The molecule has 0 bridgehead atoms. The third kappa shape index (κ3) is 3.70. The van der Waals surface area contributed by atoms with Crippen LogP contribution in [0.5, 0.6) is 5.75 Å². The summed E-state index contributed by atoms with van der Waals surface area (Å²) in [7, 11) is 1.34. The maximum atomic E-state index is 13.6. The number of methoxy groups -OCH3 is 1. The van der Waals surface area contributed by atoms with Gasteiger partial charge in [0.1, 0.15) is 21.3 Å². The van der Waals surface area contributed by atoms with Gasteiger partial charge < -0.3 is 9.47 Å². The number of aryl methyl sites for hydroxylation is 1. The van der Waals surface area contributed by atoms with Gasteiger partial charge in [-0.1, -0.05) is 0 Å². The number of esters is 1. The second-order valence-corrected chi connectivity index (χ2v) is 7.07. The Morgan fingerprint density at radius 1 is 1.28 bits per heavy atom. The van der Waals surface area contributed by atoms with E-state index in [1.807, 2.05) is 0 Å². The van der Waals surface area contributed by atoms with Gasteiger partial charge in [0.25, 0.3) is 5.56 Å². The number of hydrogen-bond donors (Lipinski definition) is 1. The van der Waals surface area contributed by atoms with Crippen LogP contribution in [-0.2, 0) is 11.3 Å². The predicted molar refractivity (Wildman–Crippen MR) is 105 cm³/mol. The molecule has 152 valence electrons. The Bertz CT molecular complexity index is 1240. The van der Waals surface area contributed by atoms with Crippen LogP contribution >= 0.6 is 11.3 Å². The fourth-order valence-electron chi connectivity index (χ4n) is 2.94. The summed E-state index contributed by atoms with van der Waals surface area (Å²) >= 11 is 0.888. The van der Waals surface area contributed by atoms with Crippen LogP contribution in [-0.4, -0.2) is 35.0 Å². The molecule has 0 aliphatic heterocycles. The lowest BCUT2D eigenvalue weighted by Gasteiger charge is -2.09. The number of carbonyl (C=O) groups is 2. The zero-order valence-corrected chi connectivity index (χ0v) is 16.6. The molecule has 0 fully saturated rings. The summed E-state index contributed by atoms with van der Waals surface area (Å²) in [5.41, 5.74) is -1.17. The predicted octanol–water partition coefficient (Wildman–Crippen LogP) is 2.27. The van der Waals surface area contributed by atoms with E-state index in [0.717, 1.165) is 28.0 Å². The molecule has 0 atom stereocenters. The number of hydrogen-bond acceptors (Lipinski definition) is 7. The van der Waals surface area contributed by atoms with Crippen LogP contribution in [0.3, 0.4) is 0 Å². The molecule has 0 unspecified atom stereocenters. The first-order chi connectivity index (χ1) is 13.8. The molecule has 0 saturated carbocycles. The van der Waals surface area contributed by atoms with Gasteiger partial charge in [-0.2, -0.15) is 0 Å². The summed E-state index contributed by atoms with van der Waals surface area (Å²) in [6, 6.07) is 3.47. The minimum Gasteiger partial charge on any atom is -0.496 e. The van der Waals surface area contributed by atoms with Crippen molar-refractivity contribution in [3.8, 4) is 5.75 Å². The highest BCUT2D eigenvalue weighted by molar-refractivity contribution is 7.20. The molecule has 10 heteroatoms. The van der Waals surface area contributed by atoms with E-state index in [2.05, 4.69) is 4.98 Å². The fourth-order valence-corrected chi connectivity index (χ4v) is 4.13. The largest absolute Gasteiger partial charge is 0.496 e. The van der Waals surface area contributed by atoms with Crippen molar-refractivity contribution in [3.05, 3.63) is 60.9 Å². The van der Waals surface area contributed by atoms with Gasteiger partial charge in [0, 0.05) is 0 Å². The Kier molecular flexibility index (Phi) is 5.64. The molecule has 0 aliphatic rings. The maximum Gasteiger partial charge on any atom is 0.348 e. The topological polar surface area (TPSA) is 107 Å². The number of halogens is 1. The zero-order chi connectivity index (χ0) is 21.3. The van der Waals surface area contributed by atoms with Crippen LogP contribution in [0.25, 0.3) is 10.2 Å². The summed E-state index contributed by atoms with van der Waals surface area (Å²) in [6.45, 7) is 2.88. The number of rotatable bonds is 6. The fraction of sp³-hybridized carbons (Fsp3) is 0.263. The van der Waals surface area contributed by atoms with Crippen LogP contribution in [0, 0.1) is 12.7 Å². The molecule has 1 aromatic carbocycles. The van der Waals surface area contributed by atoms with Gasteiger partial charge in [0.05, 0.1) is 31.2 Å². The molecule has 3 aromatic rings. The number of nitrogens with zero attached hydrogens (tertiary/aromatic N) is 1. The van der Waals surface area contributed by atoms with Crippen molar-refractivity contribution in [2.24, 2.45) is 0 Å². The quantitative estimate of drug-likeness (QED) is 0.484. The molecular formula is C19H17FN2O6S. The number of fused-ring (bicyclic) bond motifs is 1. The van der Waals surface area contributed by atoms with Crippen molar-refractivity contribution in [2.45, 2.75) is 20.4 Å². The highest BCUT2D eigenvalue weighted by Gasteiger charge is 2.23. The van der Waals surface area contributed by atoms with Gasteiger partial charge in [0.15, 0.2) is 5.78 Å². The number of aromatic amines is 1. The van der Waals surface area contributed by atoms with Crippen molar-refractivity contribution in [1.82, 2.24) is 9.55 Å². The number of thiophene rings is 1. The summed E-state index contributed by atoms with van der Waals surface area (Å²) in [5, 5.41) is 0.122. The third-order valence-corrected chi connectivity index (χ3v) is 5.59. The molecule has 2 aromatic heterocycles. The van der Waals surface area contributed by atoms with Crippen molar-refractivity contribution >= 4 is 33.3 Å². The lowest BCUT2D eigenvalue weighted by molar-refractivity contribution is 0.0531. The van der Waals surface area contributed by atoms with Crippen molar-refractivity contribution in [2.75, 3.05) is 13.7 Å². The number of carbonyl (C=O) groups excluding carboxylic acids is 2. The standard InChI is InChI=1S/C19H17FN2O6S/c1-4-28-18(25)15-9(2)14-16(24)21-19(26)22(17(14)29-15)8-12(23)11-7-10(20)5-6-13(11)27-3/h5-7H,4,8H2,1-3H3,(H,21,24,26). The molecule has 3 rings (SSSR count). The monoisotopic (exact) mass is 420 g/mol. The molecule has 0 amide bonds. The number of Topliss-reactive ketones (excluding diaryl/α,β-unsaturated/α-hetero) is 1. The Balaban J connectivity index is 2.15. The highest BCUT2D eigenvalue weighted by atomic mass is 32.1. The molecule has 0 aliphatic carbocycles. The Labute approximate surface area is 167 Å². The number of benzene rings is 1. The highest BCUT2D eigenvalue weighted by Crippen LogP contribution is 2.29. The van der Waals surface area contributed by atoms with Crippen molar-refractivity contribution < 1.29 is 23.5 Å². The minimum absolute atomic E-state index is 0.0438.